The minimum Gasteiger partial charge on any atom is -0.383 e. The van der Waals surface area contributed by atoms with E-state index in [1.807, 2.05) is 19.9 Å². The molecule has 0 unspecified atom stereocenters. The van der Waals surface area contributed by atoms with E-state index in [4.69, 9.17) is 28.9 Å². The summed E-state index contributed by atoms with van der Waals surface area (Å²) in [6.45, 7) is 4.60. The van der Waals surface area contributed by atoms with E-state index in [1.54, 1.807) is 12.1 Å². The van der Waals surface area contributed by atoms with Gasteiger partial charge in [-0.2, -0.15) is 0 Å². The molecule has 1 rings (SSSR count). The molecule has 0 fully saturated rings. The van der Waals surface area contributed by atoms with Crippen LogP contribution in [-0.4, -0.2) is 12.1 Å². The summed E-state index contributed by atoms with van der Waals surface area (Å²) < 4.78 is 0. The van der Waals surface area contributed by atoms with Crippen LogP contribution in [0.25, 0.3) is 0 Å². The van der Waals surface area contributed by atoms with Crippen molar-refractivity contribution in [2.45, 2.75) is 19.4 Å². The molecule has 4 heteroatoms. The second-order valence-corrected chi connectivity index (χ2v) is 4.79. The number of nitrogens with one attached hydrogen (secondary N) is 1. The highest BCUT2D eigenvalue weighted by Crippen LogP contribution is 2.25. The van der Waals surface area contributed by atoms with Crippen molar-refractivity contribution in [1.82, 2.24) is 0 Å². The summed E-state index contributed by atoms with van der Waals surface area (Å²) in [7, 11) is 0. The van der Waals surface area contributed by atoms with Crippen molar-refractivity contribution >= 4 is 28.9 Å². The average Bonchev–Trinajstić information content (AvgIpc) is 2.06. The molecule has 1 aromatic carbocycles. The van der Waals surface area contributed by atoms with Crippen molar-refractivity contribution in [3.05, 3.63) is 28.2 Å². The number of hydrogen-bond acceptors (Lipinski definition) is 2. The Morgan fingerprint density at radius 3 is 2.43 bits per heavy atom. The van der Waals surface area contributed by atoms with E-state index in [1.165, 1.54) is 0 Å². The Morgan fingerprint density at radius 1 is 1.29 bits per heavy atom. The highest BCUT2D eigenvalue weighted by atomic mass is 35.5. The monoisotopic (exact) mass is 232 g/mol. The molecule has 0 aromatic heterocycles. The van der Waals surface area contributed by atoms with Crippen molar-refractivity contribution in [2.24, 2.45) is 5.73 Å². The number of anilines is 1. The minimum atomic E-state index is -0.244. The van der Waals surface area contributed by atoms with Crippen molar-refractivity contribution in [3.8, 4) is 0 Å². The Labute approximate surface area is 94.4 Å². The molecular weight excluding hydrogens is 219 g/mol. The predicted molar refractivity (Wildman–Crippen MR) is 63.2 cm³/mol. The Hall–Kier alpha value is -0.440. The van der Waals surface area contributed by atoms with Gasteiger partial charge in [-0.15, -0.1) is 0 Å². The van der Waals surface area contributed by atoms with Gasteiger partial charge in [0.15, 0.2) is 0 Å². The van der Waals surface area contributed by atoms with E-state index < -0.39 is 0 Å². The lowest BCUT2D eigenvalue weighted by Gasteiger charge is -2.19. The van der Waals surface area contributed by atoms with E-state index in [9.17, 15) is 0 Å². The van der Waals surface area contributed by atoms with Crippen LogP contribution in [0.5, 0.6) is 0 Å². The molecule has 0 heterocycles. The van der Waals surface area contributed by atoms with Crippen LogP contribution in [0.3, 0.4) is 0 Å². The maximum Gasteiger partial charge on any atom is 0.0612 e. The van der Waals surface area contributed by atoms with E-state index in [0.29, 0.717) is 16.6 Å². The van der Waals surface area contributed by atoms with Crippen LogP contribution in [0.4, 0.5) is 5.69 Å². The van der Waals surface area contributed by atoms with Crippen LogP contribution in [-0.2, 0) is 0 Å². The van der Waals surface area contributed by atoms with Gasteiger partial charge in [0.1, 0.15) is 0 Å². The number of rotatable bonds is 3. The maximum absolute atomic E-state index is 5.86. The summed E-state index contributed by atoms with van der Waals surface area (Å²) >= 11 is 11.6. The van der Waals surface area contributed by atoms with E-state index in [0.717, 1.165) is 5.69 Å². The molecule has 0 spiro atoms. The summed E-state index contributed by atoms with van der Waals surface area (Å²) in [5.41, 5.74) is 6.51. The maximum atomic E-state index is 5.86. The molecule has 0 aliphatic heterocycles. The Balaban J connectivity index is 2.65. The molecule has 0 amide bonds. The molecule has 0 aliphatic carbocycles. The third-order valence-corrected chi connectivity index (χ3v) is 2.41. The molecule has 2 nitrogen and oxygen atoms in total. The van der Waals surface area contributed by atoms with Crippen LogP contribution in [0.15, 0.2) is 18.2 Å². The Morgan fingerprint density at radius 2 is 1.93 bits per heavy atom. The predicted octanol–water partition coefficient (Wildman–Crippen LogP) is 3.14. The van der Waals surface area contributed by atoms with Gasteiger partial charge < -0.3 is 11.1 Å². The molecule has 78 valence electrons. The topological polar surface area (TPSA) is 38.0 Å². The molecule has 0 saturated carbocycles. The summed E-state index contributed by atoms with van der Waals surface area (Å²) in [5, 5.41) is 4.29. The zero-order chi connectivity index (χ0) is 10.8. The molecule has 0 aliphatic rings. The fourth-order valence-electron chi connectivity index (χ4n) is 0.936. The lowest BCUT2D eigenvalue weighted by molar-refractivity contribution is 0.549. The fourth-order valence-corrected chi connectivity index (χ4v) is 1.23. The van der Waals surface area contributed by atoms with Gasteiger partial charge in [-0.05, 0) is 32.0 Å². The highest BCUT2D eigenvalue weighted by molar-refractivity contribution is 6.42. The first-order chi connectivity index (χ1) is 6.38. The second-order valence-electron chi connectivity index (χ2n) is 3.97. The van der Waals surface area contributed by atoms with Gasteiger partial charge in [-0.3, -0.25) is 0 Å². The van der Waals surface area contributed by atoms with E-state index >= 15 is 0 Å². The van der Waals surface area contributed by atoms with Crippen molar-refractivity contribution in [2.75, 3.05) is 11.9 Å². The summed E-state index contributed by atoms with van der Waals surface area (Å²) in [4.78, 5) is 0. The average molecular weight is 233 g/mol. The second kappa shape index (κ2) is 4.39. The zero-order valence-electron chi connectivity index (χ0n) is 8.27. The quantitative estimate of drug-likeness (QED) is 0.841. The highest BCUT2D eigenvalue weighted by Gasteiger charge is 2.09. The van der Waals surface area contributed by atoms with Crippen LogP contribution >= 0.6 is 23.2 Å². The normalized spacial score (nSPS) is 11.5. The number of hydrogen-bond donors (Lipinski definition) is 2. The van der Waals surface area contributed by atoms with Gasteiger partial charge in [0, 0.05) is 17.8 Å². The largest absolute Gasteiger partial charge is 0.383 e. The van der Waals surface area contributed by atoms with Gasteiger partial charge in [0.05, 0.1) is 10.0 Å². The fraction of sp³-hybridized carbons (Fsp3) is 0.400. The first kappa shape index (κ1) is 11.6. The summed E-state index contributed by atoms with van der Waals surface area (Å²) in [6, 6.07) is 5.42. The molecule has 0 saturated heterocycles. The van der Waals surface area contributed by atoms with Gasteiger partial charge >= 0.3 is 0 Å². The standard InChI is InChI=1S/C10H14Cl2N2/c1-10(2,13)6-14-7-3-4-8(11)9(12)5-7/h3-5,14H,6,13H2,1-2H3. The summed E-state index contributed by atoms with van der Waals surface area (Å²) in [5.74, 6) is 0. The van der Waals surface area contributed by atoms with Crippen molar-refractivity contribution in [3.63, 3.8) is 0 Å². The SMILES string of the molecule is CC(C)(N)CNc1ccc(Cl)c(Cl)c1. The molecule has 0 radical (unpaired) electrons. The van der Waals surface area contributed by atoms with Crippen LogP contribution in [0, 0.1) is 0 Å². The smallest absolute Gasteiger partial charge is 0.0612 e. The first-order valence-electron chi connectivity index (χ1n) is 4.36. The van der Waals surface area contributed by atoms with Crippen LogP contribution in [0.1, 0.15) is 13.8 Å². The zero-order valence-corrected chi connectivity index (χ0v) is 9.78. The first-order valence-corrected chi connectivity index (χ1v) is 5.12. The molecule has 1 aromatic rings. The molecular formula is C10H14Cl2N2. The van der Waals surface area contributed by atoms with Gasteiger partial charge in [-0.1, -0.05) is 23.2 Å². The number of halogens is 2. The van der Waals surface area contributed by atoms with E-state index in [-0.39, 0.29) is 5.54 Å². The third-order valence-electron chi connectivity index (χ3n) is 1.67. The number of benzene rings is 1. The van der Waals surface area contributed by atoms with Crippen molar-refractivity contribution < 1.29 is 0 Å². The molecule has 3 N–H and O–H groups in total. The van der Waals surface area contributed by atoms with Gasteiger partial charge in [0.25, 0.3) is 0 Å². The Bertz CT molecular complexity index is 318. The lowest BCUT2D eigenvalue weighted by atomic mass is 10.1. The molecule has 0 bridgehead atoms. The molecule has 0 atom stereocenters. The lowest BCUT2D eigenvalue weighted by Crippen LogP contribution is -2.39. The Kier molecular flexibility index (Phi) is 3.65. The van der Waals surface area contributed by atoms with Crippen LogP contribution < -0.4 is 11.1 Å². The van der Waals surface area contributed by atoms with Crippen molar-refractivity contribution in [1.29, 1.82) is 0 Å². The molecule has 14 heavy (non-hydrogen) atoms. The number of nitrogens with two attached hydrogens (primary N) is 1. The third kappa shape index (κ3) is 3.74. The summed E-state index contributed by atoms with van der Waals surface area (Å²) in [6.07, 6.45) is 0. The van der Waals surface area contributed by atoms with Crippen LogP contribution in [0.2, 0.25) is 10.0 Å². The van der Waals surface area contributed by atoms with Gasteiger partial charge in [0.2, 0.25) is 0 Å². The minimum absolute atomic E-state index is 0.244. The van der Waals surface area contributed by atoms with Gasteiger partial charge in [-0.25, -0.2) is 0 Å². The van der Waals surface area contributed by atoms with E-state index in [2.05, 4.69) is 5.32 Å².